The van der Waals surface area contributed by atoms with Gasteiger partial charge in [0.05, 0.1) is 6.54 Å². The number of likely N-dealkylation sites (tertiary alicyclic amines) is 1. The molecule has 19 heavy (non-hydrogen) atoms. The van der Waals surface area contributed by atoms with Gasteiger partial charge in [-0.15, -0.1) is 0 Å². The summed E-state index contributed by atoms with van der Waals surface area (Å²) >= 11 is 1.87. The Bertz CT molecular complexity index is 325. The number of likely N-dealkylation sites (N-methyl/N-ethyl adjacent to an activating group) is 1. The SMILES string of the molecule is C=CC(=O)N(CC)CC(=O)N1CCC(CSC)CC1. The van der Waals surface area contributed by atoms with E-state index in [1.165, 1.54) is 16.7 Å². The molecule has 0 N–H and O–H groups in total. The van der Waals surface area contributed by atoms with Crippen molar-refractivity contribution >= 4 is 23.6 Å². The molecule has 1 aliphatic rings. The van der Waals surface area contributed by atoms with Gasteiger partial charge >= 0.3 is 0 Å². The van der Waals surface area contributed by atoms with Crippen LogP contribution in [0.25, 0.3) is 0 Å². The maximum absolute atomic E-state index is 12.1. The quantitative estimate of drug-likeness (QED) is 0.696. The van der Waals surface area contributed by atoms with Crippen molar-refractivity contribution in [1.82, 2.24) is 9.80 Å². The molecule has 108 valence electrons. The fourth-order valence-electron chi connectivity index (χ4n) is 2.32. The molecule has 2 amide bonds. The van der Waals surface area contributed by atoms with Gasteiger partial charge in [-0.1, -0.05) is 6.58 Å². The van der Waals surface area contributed by atoms with Gasteiger partial charge in [0, 0.05) is 19.6 Å². The van der Waals surface area contributed by atoms with Crippen LogP contribution in [0.3, 0.4) is 0 Å². The minimum atomic E-state index is -0.173. The molecule has 5 heteroatoms. The average molecular weight is 284 g/mol. The van der Waals surface area contributed by atoms with E-state index in [1.54, 1.807) is 0 Å². The highest BCUT2D eigenvalue weighted by atomic mass is 32.2. The van der Waals surface area contributed by atoms with E-state index in [0.717, 1.165) is 31.8 Å². The maximum Gasteiger partial charge on any atom is 0.246 e. The van der Waals surface area contributed by atoms with E-state index in [9.17, 15) is 9.59 Å². The molecule has 0 aliphatic carbocycles. The molecule has 0 aromatic heterocycles. The molecule has 0 radical (unpaired) electrons. The molecule has 1 aliphatic heterocycles. The first-order valence-electron chi connectivity index (χ1n) is 6.80. The van der Waals surface area contributed by atoms with E-state index in [1.807, 2.05) is 23.6 Å². The summed E-state index contributed by atoms with van der Waals surface area (Å²) in [7, 11) is 0. The molecule has 1 saturated heterocycles. The standard InChI is InChI=1S/C14H24N2O2S/c1-4-13(17)15(5-2)10-14(18)16-8-6-12(7-9-16)11-19-3/h4,12H,1,5-11H2,2-3H3. The Labute approximate surface area is 120 Å². The molecule has 0 aromatic rings. The predicted octanol–water partition coefficient (Wildman–Crippen LogP) is 1.62. The number of carbonyl (C=O) groups excluding carboxylic acids is 2. The topological polar surface area (TPSA) is 40.6 Å². The Morgan fingerprint density at radius 1 is 1.42 bits per heavy atom. The summed E-state index contributed by atoms with van der Waals surface area (Å²) in [4.78, 5) is 27.1. The van der Waals surface area contributed by atoms with Crippen LogP contribution in [0.4, 0.5) is 0 Å². The van der Waals surface area contributed by atoms with Crippen molar-refractivity contribution in [3.8, 4) is 0 Å². The molecule has 0 bridgehead atoms. The summed E-state index contributed by atoms with van der Waals surface area (Å²) in [6.07, 6.45) is 5.54. The molecule has 0 saturated carbocycles. The Morgan fingerprint density at radius 3 is 2.53 bits per heavy atom. The van der Waals surface area contributed by atoms with Crippen molar-refractivity contribution in [3.05, 3.63) is 12.7 Å². The van der Waals surface area contributed by atoms with E-state index >= 15 is 0 Å². The van der Waals surface area contributed by atoms with Gasteiger partial charge in [-0.05, 0) is 43.8 Å². The van der Waals surface area contributed by atoms with E-state index in [4.69, 9.17) is 0 Å². The van der Waals surface area contributed by atoms with Crippen molar-refractivity contribution in [3.63, 3.8) is 0 Å². The summed E-state index contributed by atoms with van der Waals surface area (Å²) in [6.45, 7) is 7.70. The highest BCUT2D eigenvalue weighted by Crippen LogP contribution is 2.20. The Morgan fingerprint density at radius 2 is 2.05 bits per heavy atom. The van der Waals surface area contributed by atoms with Crippen LogP contribution >= 0.6 is 11.8 Å². The van der Waals surface area contributed by atoms with Crippen molar-refractivity contribution in [2.45, 2.75) is 19.8 Å². The van der Waals surface area contributed by atoms with Crippen molar-refractivity contribution in [2.75, 3.05) is 38.2 Å². The van der Waals surface area contributed by atoms with Crippen molar-refractivity contribution < 1.29 is 9.59 Å². The Hall–Kier alpha value is -0.970. The van der Waals surface area contributed by atoms with Gasteiger partial charge < -0.3 is 9.80 Å². The predicted molar refractivity (Wildman–Crippen MR) is 80.1 cm³/mol. The monoisotopic (exact) mass is 284 g/mol. The largest absolute Gasteiger partial charge is 0.341 e. The first kappa shape index (κ1) is 16.1. The third-order valence-electron chi connectivity index (χ3n) is 3.56. The highest BCUT2D eigenvalue weighted by Gasteiger charge is 2.24. The average Bonchev–Trinajstić information content (AvgIpc) is 2.44. The number of piperidine rings is 1. The number of carbonyl (C=O) groups is 2. The molecule has 0 unspecified atom stereocenters. The number of nitrogens with zero attached hydrogens (tertiary/aromatic N) is 2. The van der Waals surface area contributed by atoms with Crippen molar-refractivity contribution in [1.29, 1.82) is 0 Å². The number of amides is 2. The molecular weight excluding hydrogens is 260 g/mol. The molecule has 1 heterocycles. The lowest BCUT2D eigenvalue weighted by Gasteiger charge is -2.33. The maximum atomic E-state index is 12.1. The summed E-state index contributed by atoms with van der Waals surface area (Å²) in [5.74, 6) is 1.79. The van der Waals surface area contributed by atoms with Crippen LogP contribution in [-0.4, -0.2) is 59.8 Å². The molecule has 4 nitrogen and oxygen atoms in total. The van der Waals surface area contributed by atoms with E-state index in [0.29, 0.717) is 6.54 Å². The molecule has 1 fully saturated rings. The van der Waals surface area contributed by atoms with Gasteiger partial charge in [0.15, 0.2) is 0 Å². The fourth-order valence-corrected chi connectivity index (χ4v) is 3.13. The minimum absolute atomic E-state index is 0.0552. The first-order valence-corrected chi connectivity index (χ1v) is 8.19. The molecule has 0 atom stereocenters. The molecular formula is C14H24N2O2S. The smallest absolute Gasteiger partial charge is 0.246 e. The van der Waals surface area contributed by atoms with E-state index in [2.05, 4.69) is 12.8 Å². The summed E-state index contributed by atoms with van der Waals surface area (Å²) in [6, 6.07) is 0. The van der Waals surface area contributed by atoms with Gasteiger partial charge in [-0.25, -0.2) is 0 Å². The zero-order chi connectivity index (χ0) is 14.3. The van der Waals surface area contributed by atoms with E-state index < -0.39 is 0 Å². The van der Waals surface area contributed by atoms with Crippen LogP contribution in [0.5, 0.6) is 0 Å². The van der Waals surface area contributed by atoms with Crippen LogP contribution < -0.4 is 0 Å². The van der Waals surface area contributed by atoms with Crippen LogP contribution in [0.2, 0.25) is 0 Å². The number of hydrogen-bond acceptors (Lipinski definition) is 3. The Balaban J connectivity index is 2.42. The van der Waals surface area contributed by atoms with Crippen LogP contribution in [-0.2, 0) is 9.59 Å². The number of rotatable bonds is 6. The summed E-state index contributed by atoms with van der Waals surface area (Å²) in [5, 5.41) is 0. The highest BCUT2D eigenvalue weighted by molar-refractivity contribution is 7.98. The lowest BCUT2D eigenvalue weighted by atomic mass is 9.99. The van der Waals surface area contributed by atoms with Gasteiger partial charge in [0.25, 0.3) is 0 Å². The molecule has 1 rings (SSSR count). The summed E-state index contributed by atoms with van der Waals surface area (Å²) < 4.78 is 0. The van der Waals surface area contributed by atoms with Gasteiger partial charge in [0.2, 0.25) is 11.8 Å². The number of hydrogen-bond donors (Lipinski definition) is 0. The van der Waals surface area contributed by atoms with Crippen LogP contribution in [0, 0.1) is 5.92 Å². The third-order valence-corrected chi connectivity index (χ3v) is 4.37. The fraction of sp³-hybridized carbons (Fsp3) is 0.714. The minimum Gasteiger partial charge on any atom is -0.341 e. The third kappa shape index (κ3) is 4.90. The van der Waals surface area contributed by atoms with Crippen molar-refractivity contribution in [2.24, 2.45) is 5.92 Å². The van der Waals surface area contributed by atoms with Crippen LogP contribution in [0.1, 0.15) is 19.8 Å². The van der Waals surface area contributed by atoms with Gasteiger partial charge in [-0.2, -0.15) is 11.8 Å². The van der Waals surface area contributed by atoms with Gasteiger partial charge in [-0.3, -0.25) is 9.59 Å². The number of thioether (sulfide) groups is 1. The first-order chi connectivity index (χ1) is 9.12. The normalized spacial score (nSPS) is 16.2. The lowest BCUT2D eigenvalue weighted by Crippen LogP contribution is -2.45. The molecule has 0 spiro atoms. The second-order valence-corrected chi connectivity index (χ2v) is 5.75. The molecule has 0 aromatic carbocycles. The van der Waals surface area contributed by atoms with E-state index in [-0.39, 0.29) is 18.4 Å². The zero-order valence-corrected chi connectivity index (χ0v) is 12.7. The van der Waals surface area contributed by atoms with Crippen LogP contribution in [0.15, 0.2) is 12.7 Å². The lowest BCUT2D eigenvalue weighted by molar-refractivity contribution is -0.138. The zero-order valence-electron chi connectivity index (χ0n) is 11.9. The summed E-state index contributed by atoms with van der Waals surface area (Å²) in [5.41, 5.74) is 0. The van der Waals surface area contributed by atoms with Gasteiger partial charge in [0.1, 0.15) is 0 Å². The second kappa shape index (κ2) is 8.25. The second-order valence-electron chi connectivity index (χ2n) is 4.84. The Kier molecular flexibility index (Phi) is 6.99.